The van der Waals surface area contributed by atoms with Crippen molar-refractivity contribution >= 4 is 0 Å². The third-order valence-electron chi connectivity index (χ3n) is 4.40. The zero-order valence-corrected chi connectivity index (χ0v) is 12.3. The minimum Gasteiger partial charge on any atom is -0.406 e. The molecule has 0 atom stereocenters. The Labute approximate surface area is 123 Å². The summed E-state index contributed by atoms with van der Waals surface area (Å²) in [4.78, 5) is 0. The number of rotatable bonds is 6. The van der Waals surface area contributed by atoms with Crippen LogP contribution in [0.3, 0.4) is 0 Å². The van der Waals surface area contributed by atoms with Crippen LogP contribution >= 0.6 is 0 Å². The Morgan fingerprint density at radius 1 is 1.14 bits per heavy atom. The summed E-state index contributed by atoms with van der Waals surface area (Å²) in [5.41, 5.74) is 1.38. The van der Waals surface area contributed by atoms with E-state index in [-0.39, 0.29) is 5.75 Å². The van der Waals surface area contributed by atoms with Crippen LogP contribution in [0.25, 0.3) is 0 Å². The van der Waals surface area contributed by atoms with Crippen molar-refractivity contribution in [2.75, 3.05) is 6.54 Å². The number of benzene rings is 1. The van der Waals surface area contributed by atoms with E-state index < -0.39 is 6.36 Å². The van der Waals surface area contributed by atoms with E-state index >= 15 is 0 Å². The molecule has 5 heteroatoms. The molecule has 0 bridgehead atoms. The molecule has 0 spiro atoms. The van der Waals surface area contributed by atoms with E-state index in [0.29, 0.717) is 12.0 Å². The van der Waals surface area contributed by atoms with Gasteiger partial charge in [-0.2, -0.15) is 0 Å². The van der Waals surface area contributed by atoms with E-state index in [0.717, 1.165) is 12.1 Å². The topological polar surface area (TPSA) is 21.3 Å². The smallest absolute Gasteiger partial charge is 0.406 e. The Morgan fingerprint density at radius 3 is 2.29 bits per heavy atom. The van der Waals surface area contributed by atoms with Crippen molar-refractivity contribution in [1.29, 1.82) is 0 Å². The molecule has 1 aromatic rings. The Kier molecular flexibility index (Phi) is 5.14. The van der Waals surface area contributed by atoms with Gasteiger partial charge in [0, 0.05) is 13.1 Å². The average Bonchev–Trinajstić information content (AvgIpc) is 2.89. The average molecular weight is 301 g/mol. The first-order valence-corrected chi connectivity index (χ1v) is 7.48. The fourth-order valence-corrected chi connectivity index (χ4v) is 3.06. The third-order valence-corrected chi connectivity index (χ3v) is 4.40. The molecule has 1 N–H and O–H groups in total. The van der Waals surface area contributed by atoms with E-state index in [1.54, 1.807) is 12.1 Å². The molecule has 0 radical (unpaired) electrons. The van der Waals surface area contributed by atoms with Gasteiger partial charge in [-0.15, -0.1) is 13.2 Å². The molecule has 21 heavy (non-hydrogen) atoms. The highest BCUT2D eigenvalue weighted by Gasteiger charge is 2.32. The molecule has 118 valence electrons. The number of ether oxygens (including phenoxy) is 1. The Hall–Kier alpha value is -1.23. The lowest BCUT2D eigenvalue weighted by Crippen LogP contribution is -2.31. The van der Waals surface area contributed by atoms with Crippen LogP contribution in [-0.2, 0) is 6.54 Å². The van der Waals surface area contributed by atoms with Gasteiger partial charge in [-0.25, -0.2) is 0 Å². The van der Waals surface area contributed by atoms with Crippen molar-refractivity contribution in [2.45, 2.75) is 51.9 Å². The van der Waals surface area contributed by atoms with Crippen molar-refractivity contribution < 1.29 is 17.9 Å². The predicted molar refractivity (Wildman–Crippen MR) is 76.0 cm³/mol. The van der Waals surface area contributed by atoms with Crippen molar-refractivity contribution in [3.8, 4) is 5.75 Å². The van der Waals surface area contributed by atoms with Gasteiger partial charge in [0.15, 0.2) is 0 Å². The second kappa shape index (κ2) is 6.69. The number of hydrogen-bond donors (Lipinski definition) is 1. The van der Waals surface area contributed by atoms with Gasteiger partial charge in [0.1, 0.15) is 5.75 Å². The first-order chi connectivity index (χ1) is 9.92. The van der Waals surface area contributed by atoms with Crippen LogP contribution in [0.2, 0.25) is 0 Å². The number of nitrogens with one attached hydrogen (secondary N) is 1. The van der Waals surface area contributed by atoms with Crippen LogP contribution in [0.5, 0.6) is 5.75 Å². The second-order valence-corrected chi connectivity index (χ2v) is 5.86. The summed E-state index contributed by atoms with van der Waals surface area (Å²) in [5.74, 6) is -0.174. The SMILES string of the molecule is CCC1(CNCc2ccc(OC(F)(F)F)cc2)CCCC1. The molecule has 2 rings (SSSR count). The maximum atomic E-state index is 12.1. The standard InChI is InChI=1S/C16H22F3NO/c1-2-15(9-3-4-10-15)12-20-11-13-5-7-14(8-6-13)21-16(17,18)19/h5-8,20H,2-4,9-12H2,1H3. The highest BCUT2D eigenvalue weighted by atomic mass is 19.4. The molecule has 1 aromatic carbocycles. The Morgan fingerprint density at radius 2 is 1.76 bits per heavy atom. The quantitative estimate of drug-likeness (QED) is 0.826. The van der Waals surface area contributed by atoms with Crippen molar-refractivity contribution in [3.63, 3.8) is 0 Å². The van der Waals surface area contributed by atoms with Crippen molar-refractivity contribution in [3.05, 3.63) is 29.8 Å². The molecule has 0 saturated heterocycles. The molecule has 2 nitrogen and oxygen atoms in total. The minimum atomic E-state index is -4.63. The van der Waals surface area contributed by atoms with E-state index in [1.807, 2.05) is 0 Å². The van der Waals surface area contributed by atoms with Gasteiger partial charge in [0.25, 0.3) is 0 Å². The lowest BCUT2D eigenvalue weighted by molar-refractivity contribution is -0.274. The molecule has 1 saturated carbocycles. The van der Waals surface area contributed by atoms with Gasteiger partial charge in [0.2, 0.25) is 0 Å². The van der Waals surface area contributed by atoms with Crippen LogP contribution in [-0.4, -0.2) is 12.9 Å². The molecular formula is C16H22F3NO. The van der Waals surface area contributed by atoms with Crippen LogP contribution in [0.4, 0.5) is 13.2 Å². The summed E-state index contributed by atoms with van der Waals surface area (Å²) in [6, 6.07) is 6.05. The van der Waals surface area contributed by atoms with Gasteiger partial charge >= 0.3 is 6.36 Å². The zero-order valence-electron chi connectivity index (χ0n) is 12.3. The lowest BCUT2D eigenvalue weighted by atomic mass is 9.83. The molecule has 0 heterocycles. The number of alkyl halides is 3. The fourth-order valence-electron chi connectivity index (χ4n) is 3.06. The maximum Gasteiger partial charge on any atom is 0.573 e. The van der Waals surface area contributed by atoms with Crippen LogP contribution in [0, 0.1) is 5.41 Å². The van der Waals surface area contributed by atoms with Gasteiger partial charge in [0.05, 0.1) is 0 Å². The molecule has 1 aliphatic carbocycles. The van der Waals surface area contributed by atoms with Gasteiger partial charge in [-0.1, -0.05) is 31.9 Å². The van der Waals surface area contributed by atoms with Gasteiger partial charge < -0.3 is 10.1 Å². The van der Waals surface area contributed by atoms with E-state index in [1.165, 1.54) is 44.2 Å². The molecular weight excluding hydrogens is 279 g/mol. The summed E-state index contributed by atoms with van der Waals surface area (Å²) < 4.78 is 40.0. The van der Waals surface area contributed by atoms with Crippen LogP contribution in [0.1, 0.15) is 44.6 Å². The summed E-state index contributed by atoms with van der Waals surface area (Å²) in [6.45, 7) is 3.88. The first-order valence-electron chi connectivity index (χ1n) is 7.48. The summed E-state index contributed by atoms with van der Waals surface area (Å²) in [7, 11) is 0. The predicted octanol–water partition coefficient (Wildman–Crippen LogP) is 4.65. The van der Waals surface area contributed by atoms with Crippen LogP contribution < -0.4 is 10.1 Å². The van der Waals surface area contributed by atoms with E-state index in [9.17, 15) is 13.2 Å². The number of halogens is 3. The fraction of sp³-hybridized carbons (Fsp3) is 0.625. The van der Waals surface area contributed by atoms with E-state index in [4.69, 9.17) is 0 Å². The second-order valence-electron chi connectivity index (χ2n) is 5.86. The number of hydrogen-bond acceptors (Lipinski definition) is 2. The van der Waals surface area contributed by atoms with Crippen LogP contribution in [0.15, 0.2) is 24.3 Å². The Bertz CT molecular complexity index is 436. The summed E-state index contributed by atoms with van der Waals surface area (Å²) in [6.07, 6.45) is 1.70. The van der Waals surface area contributed by atoms with Crippen molar-refractivity contribution in [1.82, 2.24) is 5.32 Å². The molecule has 1 fully saturated rings. The minimum absolute atomic E-state index is 0.174. The van der Waals surface area contributed by atoms with Gasteiger partial charge in [-0.3, -0.25) is 0 Å². The summed E-state index contributed by atoms with van der Waals surface area (Å²) >= 11 is 0. The van der Waals surface area contributed by atoms with E-state index in [2.05, 4.69) is 17.0 Å². The lowest BCUT2D eigenvalue weighted by Gasteiger charge is -2.27. The Balaban J connectivity index is 1.81. The third kappa shape index (κ3) is 4.92. The van der Waals surface area contributed by atoms with Gasteiger partial charge in [-0.05, 0) is 42.4 Å². The normalized spacial score (nSPS) is 17.9. The molecule has 0 aliphatic heterocycles. The molecule has 0 amide bonds. The zero-order chi connectivity index (χ0) is 15.3. The van der Waals surface area contributed by atoms with Crippen molar-refractivity contribution in [2.24, 2.45) is 5.41 Å². The molecule has 1 aliphatic rings. The molecule has 0 unspecified atom stereocenters. The monoisotopic (exact) mass is 301 g/mol. The summed E-state index contributed by atoms with van der Waals surface area (Å²) in [5, 5.41) is 3.44. The highest BCUT2D eigenvalue weighted by molar-refractivity contribution is 5.27. The largest absolute Gasteiger partial charge is 0.573 e. The molecule has 0 aromatic heterocycles. The maximum absolute atomic E-state index is 12.1. The highest BCUT2D eigenvalue weighted by Crippen LogP contribution is 2.40. The first kappa shape index (κ1) is 16.1.